The molecule has 2 rings (SSSR count). The Bertz CT molecular complexity index is 643. The highest BCUT2D eigenvalue weighted by Crippen LogP contribution is 2.20. The number of rotatable bonds is 7. The number of hydrogen-bond donors (Lipinski definition) is 3. The quantitative estimate of drug-likeness (QED) is 0.649. The molecule has 4 N–H and O–H groups in total. The number of nitrogens with zero attached hydrogens (tertiary/aromatic N) is 1. The van der Waals surface area contributed by atoms with E-state index in [1.807, 2.05) is 0 Å². The van der Waals surface area contributed by atoms with Gasteiger partial charge in [0.25, 0.3) is 5.91 Å². The molecule has 1 aromatic heterocycles. The molecule has 0 fully saturated rings. The SMILES string of the molecule is Cl.Cl.NCCCCNC(=O)c1cccnc1Nc1ccccc1F. The van der Waals surface area contributed by atoms with Crippen LogP contribution in [-0.2, 0) is 0 Å². The van der Waals surface area contributed by atoms with Crippen molar-refractivity contribution in [1.82, 2.24) is 10.3 Å². The fourth-order valence-electron chi connectivity index (χ4n) is 1.94. The summed E-state index contributed by atoms with van der Waals surface area (Å²) in [5.41, 5.74) is 6.06. The summed E-state index contributed by atoms with van der Waals surface area (Å²) in [5, 5.41) is 5.66. The molecule has 132 valence electrons. The van der Waals surface area contributed by atoms with Crippen LogP contribution >= 0.6 is 24.8 Å². The maximum absolute atomic E-state index is 13.7. The van der Waals surface area contributed by atoms with Gasteiger partial charge in [-0.15, -0.1) is 24.8 Å². The molecule has 1 heterocycles. The number of para-hydroxylation sites is 1. The third-order valence-corrected chi connectivity index (χ3v) is 3.10. The molecular weight excluding hydrogens is 354 g/mol. The van der Waals surface area contributed by atoms with Crippen molar-refractivity contribution in [2.24, 2.45) is 5.73 Å². The van der Waals surface area contributed by atoms with Crippen LogP contribution in [0.3, 0.4) is 0 Å². The lowest BCUT2D eigenvalue weighted by molar-refractivity contribution is 0.0953. The summed E-state index contributed by atoms with van der Waals surface area (Å²) >= 11 is 0. The molecule has 8 heteroatoms. The molecule has 0 bridgehead atoms. The van der Waals surface area contributed by atoms with Gasteiger partial charge in [0, 0.05) is 12.7 Å². The largest absolute Gasteiger partial charge is 0.352 e. The van der Waals surface area contributed by atoms with Crippen LogP contribution in [-0.4, -0.2) is 24.0 Å². The Kier molecular flexibility index (Phi) is 10.7. The average molecular weight is 375 g/mol. The molecule has 1 aromatic carbocycles. The Hall–Kier alpha value is -1.89. The molecule has 24 heavy (non-hydrogen) atoms. The summed E-state index contributed by atoms with van der Waals surface area (Å²) in [5.74, 6) is -0.324. The van der Waals surface area contributed by atoms with Crippen molar-refractivity contribution < 1.29 is 9.18 Å². The molecule has 5 nitrogen and oxygen atoms in total. The first-order valence-corrected chi connectivity index (χ1v) is 7.17. The van der Waals surface area contributed by atoms with Crippen LogP contribution in [0.2, 0.25) is 0 Å². The highest BCUT2D eigenvalue weighted by atomic mass is 35.5. The zero-order valence-corrected chi connectivity index (χ0v) is 14.6. The van der Waals surface area contributed by atoms with Crippen molar-refractivity contribution >= 4 is 42.2 Å². The minimum Gasteiger partial charge on any atom is -0.352 e. The third-order valence-electron chi connectivity index (χ3n) is 3.10. The number of aromatic nitrogens is 1. The number of anilines is 2. The van der Waals surface area contributed by atoms with Crippen molar-refractivity contribution in [1.29, 1.82) is 0 Å². The van der Waals surface area contributed by atoms with Crippen LogP contribution in [0.5, 0.6) is 0 Å². The van der Waals surface area contributed by atoms with E-state index in [1.165, 1.54) is 6.07 Å². The van der Waals surface area contributed by atoms with E-state index in [0.29, 0.717) is 24.5 Å². The predicted molar refractivity (Wildman–Crippen MR) is 99.0 cm³/mol. The van der Waals surface area contributed by atoms with Crippen molar-refractivity contribution in [3.8, 4) is 0 Å². The summed E-state index contributed by atoms with van der Waals surface area (Å²) in [6.07, 6.45) is 3.22. The first-order chi connectivity index (χ1) is 10.7. The van der Waals surface area contributed by atoms with Crippen LogP contribution < -0.4 is 16.4 Å². The number of carbonyl (C=O) groups is 1. The molecule has 2 aromatic rings. The van der Waals surface area contributed by atoms with Gasteiger partial charge in [0.15, 0.2) is 0 Å². The highest BCUT2D eigenvalue weighted by Gasteiger charge is 2.13. The molecule has 0 saturated carbocycles. The number of halogens is 3. The molecule has 0 aliphatic carbocycles. The van der Waals surface area contributed by atoms with E-state index in [0.717, 1.165) is 12.8 Å². The van der Waals surface area contributed by atoms with Gasteiger partial charge < -0.3 is 16.4 Å². The zero-order valence-electron chi connectivity index (χ0n) is 13.0. The van der Waals surface area contributed by atoms with E-state index in [4.69, 9.17) is 5.73 Å². The average Bonchev–Trinajstić information content (AvgIpc) is 2.54. The van der Waals surface area contributed by atoms with Gasteiger partial charge in [0.1, 0.15) is 11.6 Å². The second kappa shape index (κ2) is 11.6. The minimum absolute atomic E-state index is 0. The van der Waals surface area contributed by atoms with E-state index in [9.17, 15) is 9.18 Å². The van der Waals surface area contributed by atoms with E-state index < -0.39 is 5.82 Å². The van der Waals surface area contributed by atoms with Gasteiger partial charge >= 0.3 is 0 Å². The molecule has 0 radical (unpaired) electrons. The summed E-state index contributed by atoms with van der Waals surface area (Å²) in [7, 11) is 0. The van der Waals surface area contributed by atoms with E-state index >= 15 is 0 Å². The molecule has 0 unspecified atom stereocenters. The Morgan fingerprint density at radius 1 is 1.12 bits per heavy atom. The maximum atomic E-state index is 13.7. The molecule has 0 spiro atoms. The monoisotopic (exact) mass is 374 g/mol. The van der Waals surface area contributed by atoms with Crippen molar-refractivity contribution in [3.63, 3.8) is 0 Å². The van der Waals surface area contributed by atoms with E-state index in [1.54, 1.807) is 36.5 Å². The topological polar surface area (TPSA) is 80.0 Å². The van der Waals surface area contributed by atoms with Gasteiger partial charge in [-0.25, -0.2) is 9.37 Å². The van der Waals surface area contributed by atoms with Gasteiger partial charge in [0.2, 0.25) is 0 Å². The third kappa shape index (κ3) is 6.31. The van der Waals surface area contributed by atoms with Crippen molar-refractivity contribution in [3.05, 3.63) is 54.0 Å². The Morgan fingerprint density at radius 3 is 2.58 bits per heavy atom. The first-order valence-electron chi connectivity index (χ1n) is 7.17. The van der Waals surface area contributed by atoms with Crippen LogP contribution in [0.15, 0.2) is 42.6 Å². The number of hydrogen-bond acceptors (Lipinski definition) is 4. The van der Waals surface area contributed by atoms with E-state index in [2.05, 4.69) is 15.6 Å². The zero-order chi connectivity index (χ0) is 15.8. The van der Waals surface area contributed by atoms with Crippen LogP contribution in [0.4, 0.5) is 15.9 Å². The van der Waals surface area contributed by atoms with Gasteiger partial charge in [-0.1, -0.05) is 12.1 Å². The molecular formula is C16H21Cl2FN4O. The maximum Gasteiger partial charge on any atom is 0.255 e. The molecule has 1 amide bonds. The summed E-state index contributed by atoms with van der Waals surface area (Å²) in [4.78, 5) is 16.3. The molecule has 0 aliphatic heterocycles. The van der Waals surface area contributed by atoms with Gasteiger partial charge in [-0.3, -0.25) is 4.79 Å². The van der Waals surface area contributed by atoms with Crippen molar-refractivity contribution in [2.75, 3.05) is 18.4 Å². The second-order valence-corrected chi connectivity index (χ2v) is 4.76. The second-order valence-electron chi connectivity index (χ2n) is 4.76. The number of amides is 1. The first kappa shape index (κ1) is 22.1. The normalized spacial score (nSPS) is 9.42. The highest BCUT2D eigenvalue weighted by molar-refractivity contribution is 5.99. The molecule has 0 saturated heterocycles. The van der Waals surface area contributed by atoms with Crippen molar-refractivity contribution in [2.45, 2.75) is 12.8 Å². The fourth-order valence-corrected chi connectivity index (χ4v) is 1.94. The number of nitrogens with one attached hydrogen (secondary N) is 2. The number of pyridine rings is 1. The van der Waals surface area contributed by atoms with Gasteiger partial charge in [-0.2, -0.15) is 0 Å². The Balaban J connectivity index is 0.00000264. The van der Waals surface area contributed by atoms with Crippen LogP contribution in [0, 0.1) is 5.82 Å². The summed E-state index contributed by atoms with van der Waals surface area (Å²) in [6.45, 7) is 1.15. The van der Waals surface area contributed by atoms with Crippen LogP contribution in [0.1, 0.15) is 23.2 Å². The fraction of sp³-hybridized carbons (Fsp3) is 0.250. The van der Waals surface area contributed by atoms with Gasteiger partial charge in [0.05, 0.1) is 11.3 Å². The van der Waals surface area contributed by atoms with Crippen LogP contribution in [0.25, 0.3) is 0 Å². The van der Waals surface area contributed by atoms with Gasteiger partial charge in [-0.05, 0) is 43.7 Å². The summed E-state index contributed by atoms with van der Waals surface area (Å²) < 4.78 is 13.7. The molecule has 0 aliphatic rings. The van der Waals surface area contributed by atoms with E-state index in [-0.39, 0.29) is 36.4 Å². The lowest BCUT2D eigenvalue weighted by Crippen LogP contribution is -2.26. The number of benzene rings is 1. The summed E-state index contributed by atoms with van der Waals surface area (Å²) in [6, 6.07) is 9.56. The number of nitrogens with two attached hydrogens (primary N) is 1. The number of unbranched alkanes of at least 4 members (excludes halogenated alkanes) is 1. The molecule has 0 atom stereocenters. The Labute approximate surface area is 153 Å². The number of carbonyl (C=O) groups excluding carboxylic acids is 1. The smallest absolute Gasteiger partial charge is 0.255 e. The lowest BCUT2D eigenvalue weighted by Gasteiger charge is -2.11. The standard InChI is InChI=1S/C16H19FN4O.2ClH/c17-13-7-1-2-8-14(13)21-15-12(6-5-11-19-15)16(22)20-10-4-3-9-18;;/h1-2,5-8,11H,3-4,9-10,18H2,(H,19,21)(H,20,22);2*1H. The lowest BCUT2D eigenvalue weighted by atomic mass is 10.2. The Morgan fingerprint density at radius 2 is 1.88 bits per heavy atom. The predicted octanol–water partition coefficient (Wildman–Crippen LogP) is 3.28. The minimum atomic E-state index is -0.401.